The summed E-state index contributed by atoms with van der Waals surface area (Å²) in [5.41, 5.74) is 4.37. The lowest BCUT2D eigenvalue weighted by Gasteiger charge is -2.23. The molecule has 5 heteroatoms. The van der Waals surface area contributed by atoms with Crippen molar-refractivity contribution in [1.82, 2.24) is 4.90 Å². The van der Waals surface area contributed by atoms with Crippen LogP contribution in [0.15, 0.2) is 72.8 Å². The van der Waals surface area contributed by atoms with Gasteiger partial charge in [-0.3, -0.25) is 4.90 Å². The van der Waals surface area contributed by atoms with E-state index in [2.05, 4.69) is 73.1 Å². The van der Waals surface area contributed by atoms with E-state index in [0.29, 0.717) is 12.0 Å². The van der Waals surface area contributed by atoms with Gasteiger partial charge in [0, 0.05) is 13.1 Å². The molecule has 0 aromatic heterocycles. The van der Waals surface area contributed by atoms with E-state index in [1.54, 1.807) is 6.07 Å². The number of hydrogen-bond acceptors (Lipinski definition) is 4. The average Bonchev–Trinajstić information content (AvgIpc) is 3.24. The zero-order chi connectivity index (χ0) is 40.9. The van der Waals surface area contributed by atoms with Crippen LogP contribution in [0, 0.1) is 0 Å². The van der Waals surface area contributed by atoms with Crippen LogP contribution in [-0.2, 0) is 19.5 Å². The summed E-state index contributed by atoms with van der Waals surface area (Å²) in [5.74, 6) is 1.06. The molecule has 0 radical (unpaired) electrons. The van der Waals surface area contributed by atoms with Gasteiger partial charge in [-0.1, -0.05) is 240 Å². The molecule has 4 aromatic rings. The normalized spacial score (nSPS) is 11.7. The van der Waals surface area contributed by atoms with E-state index < -0.39 is 7.12 Å². The Hall–Kier alpha value is -2.31. The van der Waals surface area contributed by atoms with Crippen molar-refractivity contribution < 1.29 is 10.0 Å². The van der Waals surface area contributed by atoms with Gasteiger partial charge < -0.3 is 10.0 Å². The number of thiol groups is 1. The van der Waals surface area contributed by atoms with Gasteiger partial charge >= 0.3 is 7.12 Å². The third-order valence-corrected chi connectivity index (χ3v) is 13.0. The average molecular weight is 808 g/mol. The standard InChI is InChI=1S/C53H82BNO2S/c1-55(44-46-36-29-34-42-53(46)54(56)57)45-52-50-40-32-30-38-48(50)47(49-39-31-33-41-51(49)52)37-28-26-24-22-20-18-16-14-12-10-8-6-4-2-3-5-7-9-11-13-15-17-19-21-23-25-27-35-43-58/h29-34,36,38-42,56-58H,2-28,35,37,43-45H2,1H3. The molecule has 0 aliphatic heterocycles. The van der Waals surface area contributed by atoms with Crippen LogP contribution in [0.4, 0.5) is 0 Å². The highest BCUT2D eigenvalue weighted by atomic mass is 32.1. The van der Waals surface area contributed by atoms with Crippen LogP contribution in [0.3, 0.4) is 0 Å². The van der Waals surface area contributed by atoms with E-state index in [0.717, 1.165) is 24.3 Å². The van der Waals surface area contributed by atoms with Crippen molar-refractivity contribution in [3.8, 4) is 0 Å². The number of unbranched alkanes of at least 4 members (excludes halogenated alkanes) is 27. The van der Waals surface area contributed by atoms with Crippen molar-refractivity contribution in [2.75, 3.05) is 12.8 Å². The molecule has 0 saturated heterocycles. The third-order valence-electron chi connectivity index (χ3n) is 12.7. The Bertz CT molecular complexity index is 1580. The van der Waals surface area contributed by atoms with E-state index >= 15 is 0 Å². The van der Waals surface area contributed by atoms with Crippen LogP contribution >= 0.6 is 12.6 Å². The molecule has 0 fully saturated rings. The summed E-state index contributed by atoms with van der Waals surface area (Å²) in [6.07, 6.45) is 40.9. The lowest BCUT2D eigenvalue weighted by molar-refractivity contribution is 0.321. The fourth-order valence-electron chi connectivity index (χ4n) is 9.31. The van der Waals surface area contributed by atoms with Gasteiger partial charge in [0.2, 0.25) is 0 Å². The number of fused-ring (bicyclic) bond motifs is 2. The summed E-state index contributed by atoms with van der Waals surface area (Å²) in [7, 11) is 0.665. The van der Waals surface area contributed by atoms with Gasteiger partial charge in [0.1, 0.15) is 0 Å². The molecule has 4 aromatic carbocycles. The Morgan fingerprint density at radius 1 is 0.397 bits per heavy atom. The molecule has 2 N–H and O–H groups in total. The maximum Gasteiger partial charge on any atom is 0.488 e. The van der Waals surface area contributed by atoms with Crippen LogP contribution in [0.1, 0.15) is 196 Å². The smallest absolute Gasteiger partial charge is 0.423 e. The second-order valence-corrected chi connectivity index (χ2v) is 18.1. The number of rotatable bonds is 35. The number of hydrogen-bond donors (Lipinski definition) is 3. The highest BCUT2D eigenvalue weighted by Gasteiger charge is 2.18. The molecule has 0 unspecified atom stereocenters. The monoisotopic (exact) mass is 808 g/mol. The summed E-state index contributed by atoms with van der Waals surface area (Å²) in [5, 5.41) is 25.3. The van der Waals surface area contributed by atoms with Gasteiger partial charge in [-0.2, -0.15) is 12.6 Å². The molecular weight excluding hydrogens is 725 g/mol. The van der Waals surface area contributed by atoms with Gasteiger partial charge in [0.25, 0.3) is 0 Å². The second kappa shape index (κ2) is 30.7. The Balaban J connectivity index is 1.00. The Morgan fingerprint density at radius 2 is 0.707 bits per heavy atom. The van der Waals surface area contributed by atoms with Crippen molar-refractivity contribution in [2.24, 2.45) is 0 Å². The minimum Gasteiger partial charge on any atom is -0.423 e. The highest BCUT2D eigenvalue weighted by molar-refractivity contribution is 7.80. The van der Waals surface area contributed by atoms with Crippen LogP contribution in [0.25, 0.3) is 21.5 Å². The first-order valence-electron chi connectivity index (χ1n) is 24.2. The predicted octanol–water partition coefficient (Wildman–Crippen LogP) is 14.7. The van der Waals surface area contributed by atoms with Crippen LogP contribution < -0.4 is 5.46 Å². The van der Waals surface area contributed by atoms with Crippen LogP contribution in [0.5, 0.6) is 0 Å². The molecule has 0 aliphatic rings. The van der Waals surface area contributed by atoms with Crippen molar-refractivity contribution >= 4 is 46.8 Å². The highest BCUT2D eigenvalue weighted by Crippen LogP contribution is 2.35. The van der Waals surface area contributed by atoms with Gasteiger partial charge in [-0.25, -0.2) is 0 Å². The quantitative estimate of drug-likeness (QED) is 0.0188. The maximum atomic E-state index is 9.91. The summed E-state index contributed by atoms with van der Waals surface area (Å²) in [6, 6.07) is 25.6. The molecule has 0 heterocycles. The largest absolute Gasteiger partial charge is 0.488 e. The Morgan fingerprint density at radius 3 is 1.07 bits per heavy atom. The molecule has 0 amide bonds. The second-order valence-electron chi connectivity index (χ2n) is 17.7. The topological polar surface area (TPSA) is 43.7 Å². The zero-order valence-electron chi connectivity index (χ0n) is 36.9. The predicted molar refractivity (Wildman–Crippen MR) is 260 cm³/mol. The van der Waals surface area contributed by atoms with Crippen molar-refractivity contribution in [2.45, 2.75) is 199 Å². The lowest BCUT2D eigenvalue weighted by Crippen LogP contribution is -2.35. The summed E-state index contributed by atoms with van der Waals surface area (Å²) >= 11 is 4.30. The number of aryl methyl sites for hydroxylation is 1. The summed E-state index contributed by atoms with van der Waals surface area (Å²) in [4.78, 5) is 2.29. The van der Waals surface area contributed by atoms with Crippen molar-refractivity contribution in [3.63, 3.8) is 0 Å². The first-order chi connectivity index (χ1) is 28.6. The summed E-state index contributed by atoms with van der Waals surface area (Å²) < 4.78 is 0. The van der Waals surface area contributed by atoms with E-state index in [-0.39, 0.29) is 0 Å². The van der Waals surface area contributed by atoms with Crippen LogP contribution in [-0.4, -0.2) is 34.9 Å². The van der Waals surface area contributed by atoms with E-state index in [1.165, 1.54) is 212 Å². The maximum absolute atomic E-state index is 9.91. The van der Waals surface area contributed by atoms with Gasteiger partial charge in [-0.15, -0.1) is 0 Å². The molecule has 4 rings (SSSR count). The first kappa shape index (κ1) is 48.4. The molecule has 0 saturated carbocycles. The van der Waals surface area contributed by atoms with Gasteiger partial charge in [-0.05, 0) is 75.8 Å². The van der Waals surface area contributed by atoms with Gasteiger partial charge in [0.15, 0.2) is 0 Å². The minimum atomic E-state index is -1.46. The lowest BCUT2D eigenvalue weighted by atomic mass is 9.77. The Labute approximate surface area is 361 Å². The first-order valence-corrected chi connectivity index (χ1v) is 24.9. The van der Waals surface area contributed by atoms with Crippen LogP contribution in [0.2, 0.25) is 0 Å². The molecule has 0 spiro atoms. The fraction of sp³-hybridized carbons (Fsp3) is 0.623. The van der Waals surface area contributed by atoms with E-state index in [1.807, 2.05) is 18.2 Å². The molecular formula is C53H82BNO2S. The minimum absolute atomic E-state index is 0.579. The number of nitrogens with zero attached hydrogens (tertiary/aromatic N) is 1. The summed E-state index contributed by atoms with van der Waals surface area (Å²) in [6.45, 7) is 1.44. The molecule has 58 heavy (non-hydrogen) atoms. The van der Waals surface area contributed by atoms with Crippen molar-refractivity contribution in [3.05, 3.63) is 89.5 Å². The molecule has 320 valence electrons. The fourth-order valence-corrected chi connectivity index (χ4v) is 9.53. The SMILES string of the molecule is CN(Cc1ccccc1B(O)O)Cc1c2ccccc2c(CCCCCCCCCCCCCCCCCCCCCCCCCCCCCCS)c2ccccc12. The van der Waals surface area contributed by atoms with E-state index in [9.17, 15) is 10.0 Å². The van der Waals surface area contributed by atoms with E-state index in [4.69, 9.17) is 0 Å². The van der Waals surface area contributed by atoms with Gasteiger partial charge in [0.05, 0.1) is 0 Å². The molecule has 3 nitrogen and oxygen atoms in total. The molecule has 0 aliphatic carbocycles. The Kier molecular flexibility index (Phi) is 25.6. The molecule has 0 bridgehead atoms. The molecule has 0 atom stereocenters. The van der Waals surface area contributed by atoms with Crippen molar-refractivity contribution in [1.29, 1.82) is 0 Å². The third kappa shape index (κ3) is 18.5. The number of benzene rings is 4. The zero-order valence-corrected chi connectivity index (χ0v) is 37.8.